The first-order valence-corrected chi connectivity index (χ1v) is 8.26. The molecule has 0 heterocycles. The molecule has 24 heavy (non-hydrogen) atoms. The average Bonchev–Trinajstić information content (AvgIpc) is 2.54. The lowest BCUT2D eigenvalue weighted by molar-refractivity contribution is -0.143. The molecule has 1 aromatic carbocycles. The van der Waals surface area contributed by atoms with Gasteiger partial charge in [0.2, 0.25) is 5.91 Å². The zero-order chi connectivity index (χ0) is 17.9. The summed E-state index contributed by atoms with van der Waals surface area (Å²) in [5, 5.41) is 3.24. The molecule has 0 aliphatic carbocycles. The zero-order valence-electron chi connectivity index (χ0n) is 14.0. The molecule has 0 aliphatic rings. The van der Waals surface area contributed by atoms with Crippen LogP contribution in [-0.2, 0) is 14.3 Å². The summed E-state index contributed by atoms with van der Waals surface area (Å²) in [6, 6.07) is 6.59. The van der Waals surface area contributed by atoms with Crippen molar-refractivity contribution in [2.45, 2.75) is 26.7 Å². The maximum atomic E-state index is 12.6. The van der Waals surface area contributed by atoms with E-state index in [0.29, 0.717) is 36.7 Å². The summed E-state index contributed by atoms with van der Waals surface area (Å²) in [5.74, 6) is -0.635. The highest BCUT2D eigenvalue weighted by molar-refractivity contribution is 6.30. The van der Waals surface area contributed by atoms with Crippen LogP contribution in [0.25, 0.3) is 0 Å². The summed E-state index contributed by atoms with van der Waals surface area (Å²) in [6.07, 6.45) is 0.731. The van der Waals surface area contributed by atoms with E-state index in [1.807, 2.05) is 0 Å². The minimum absolute atomic E-state index is 0.114. The standard InChI is InChI=1S/C17H23ClN2O4/c1-3-24-16(22)9-12-20(11-4-10-19-13(2)21)17(23)14-5-7-15(18)8-6-14/h5-8H,3-4,9-12H2,1-2H3,(H,19,21). The third-order valence-electron chi connectivity index (χ3n) is 3.25. The second-order valence-electron chi connectivity index (χ2n) is 5.19. The number of esters is 1. The van der Waals surface area contributed by atoms with Crippen molar-refractivity contribution in [3.63, 3.8) is 0 Å². The molecule has 1 N–H and O–H groups in total. The van der Waals surface area contributed by atoms with Crippen molar-refractivity contribution < 1.29 is 19.1 Å². The van der Waals surface area contributed by atoms with Gasteiger partial charge in [0.15, 0.2) is 0 Å². The molecular weight excluding hydrogens is 332 g/mol. The Morgan fingerprint density at radius 3 is 2.42 bits per heavy atom. The number of nitrogens with one attached hydrogen (secondary N) is 1. The van der Waals surface area contributed by atoms with E-state index in [2.05, 4.69) is 5.32 Å². The molecule has 0 aliphatic heterocycles. The Morgan fingerprint density at radius 2 is 1.83 bits per heavy atom. The number of benzene rings is 1. The van der Waals surface area contributed by atoms with Crippen molar-refractivity contribution in [3.05, 3.63) is 34.9 Å². The zero-order valence-corrected chi connectivity index (χ0v) is 14.8. The Morgan fingerprint density at radius 1 is 1.17 bits per heavy atom. The van der Waals surface area contributed by atoms with Crippen LogP contribution in [0.1, 0.15) is 37.0 Å². The fourth-order valence-corrected chi connectivity index (χ4v) is 2.21. The molecule has 0 radical (unpaired) electrons. The number of hydrogen-bond acceptors (Lipinski definition) is 4. The van der Waals surface area contributed by atoms with Crippen molar-refractivity contribution in [2.75, 3.05) is 26.2 Å². The van der Waals surface area contributed by atoms with E-state index in [9.17, 15) is 14.4 Å². The van der Waals surface area contributed by atoms with Gasteiger partial charge in [-0.15, -0.1) is 0 Å². The van der Waals surface area contributed by atoms with Gasteiger partial charge in [-0.3, -0.25) is 14.4 Å². The second-order valence-corrected chi connectivity index (χ2v) is 5.63. The predicted octanol–water partition coefficient (Wildman–Crippen LogP) is 2.26. The summed E-state index contributed by atoms with van der Waals surface area (Å²) in [5.41, 5.74) is 0.503. The Hall–Kier alpha value is -2.08. The lowest BCUT2D eigenvalue weighted by atomic mass is 10.2. The van der Waals surface area contributed by atoms with E-state index in [1.54, 1.807) is 36.1 Å². The molecule has 0 bridgehead atoms. The van der Waals surface area contributed by atoms with Gasteiger partial charge in [0, 0.05) is 37.1 Å². The van der Waals surface area contributed by atoms with Crippen molar-refractivity contribution in [3.8, 4) is 0 Å². The summed E-state index contributed by atoms with van der Waals surface area (Å²) in [4.78, 5) is 36.6. The predicted molar refractivity (Wildman–Crippen MR) is 91.9 cm³/mol. The van der Waals surface area contributed by atoms with Gasteiger partial charge in [-0.05, 0) is 37.6 Å². The Balaban J connectivity index is 2.67. The van der Waals surface area contributed by atoms with Crippen LogP contribution in [0.3, 0.4) is 0 Å². The van der Waals surface area contributed by atoms with Gasteiger partial charge in [-0.1, -0.05) is 11.6 Å². The molecule has 0 saturated carbocycles. The van der Waals surface area contributed by atoms with Crippen LogP contribution in [0.2, 0.25) is 5.02 Å². The van der Waals surface area contributed by atoms with Gasteiger partial charge >= 0.3 is 5.97 Å². The summed E-state index contributed by atoms with van der Waals surface area (Å²) in [7, 11) is 0. The SMILES string of the molecule is CCOC(=O)CCN(CCCNC(C)=O)C(=O)c1ccc(Cl)cc1. The Labute approximate surface area is 147 Å². The topological polar surface area (TPSA) is 75.7 Å². The molecule has 1 rings (SSSR count). The van der Waals surface area contributed by atoms with Gasteiger partial charge in [-0.2, -0.15) is 0 Å². The van der Waals surface area contributed by atoms with Crippen LogP contribution in [-0.4, -0.2) is 48.9 Å². The van der Waals surface area contributed by atoms with Crippen molar-refractivity contribution in [1.29, 1.82) is 0 Å². The Bertz CT molecular complexity index is 560. The fraction of sp³-hybridized carbons (Fsp3) is 0.471. The lowest BCUT2D eigenvalue weighted by Gasteiger charge is -2.22. The average molecular weight is 355 g/mol. The lowest BCUT2D eigenvalue weighted by Crippen LogP contribution is -2.35. The van der Waals surface area contributed by atoms with Crippen LogP contribution in [0.4, 0.5) is 0 Å². The largest absolute Gasteiger partial charge is 0.466 e. The van der Waals surface area contributed by atoms with Crippen molar-refractivity contribution in [1.82, 2.24) is 10.2 Å². The van der Waals surface area contributed by atoms with Crippen LogP contribution in [0.5, 0.6) is 0 Å². The summed E-state index contributed by atoms with van der Waals surface area (Å²) in [6.45, 7) is 4.66. The number of ether oxygens (including phenoxy) is 1. The number of hydrogen-bond donors (Lipinski definition) is 1. The highest BCUT2D eigenvalue weighted by Gasteiger charge is 2.17. The molecule has 0 saturated heterocycles. The first-order valence-electron chi connectivity index (χ1n) is 7.89. The third-order valence-corrected chi connectivity index (χ3v) is 3.50. The van der Waals surface area contributed by atoms with Crippen LogP contribution in [0, 0.1) is 0 Å². The van der Waals surface area contributed by atoms with Crippen LogP contribution >= 0.6 is 11.6 Å². The molecular formula is C17H23ClN2O4. The maximum Gasteiger partial charge on any atom is 0.307 e. The van der Waals surface area contributed by atoms with Gasteiger partial charge < -0.3 is 15.0 Å². The molecule has 6 nitrogen and oxygen atoms in total. The van der Waals surface area contributed by atoms with E-state index in [0.717, 1.165) is 0 Å². The fourth-order valence-electron chi connectivity index (χ4n) is 2.08. The van der Waals surface area contributed by atoms with Crippen molar-refractivity contribution >= 4 is 29.4 Å². The first kappa shape index (κ1) is 20.0. The minimum Gasteiger partial charge on any atom is -0.466 e. The third kappa shape index (κ3) is 7.46. The quantitative estimate of drug-likeness (QED) is 0.545. The minimum atomic E-state index is -0.340. The summed E-state index contributed by atoms with van der Waals surface area (Å²) >= 11 is 5.84. The number of rotatable bonds is 9. The highest BCUT2D eigenvalue weighted by atomic mass is 35.5. The second kappa shape index (κ2) is 10.6. The van der Waals surface area contributed by atoms with Crippen LogP contribution < -0.4 is 5.32 Å². The molecule has 132 valence electrons. The smallest absolute Gasteiger partial charge is 0.307 e. The molecule has 0 fully saturated rings. The highest BCUT2D eigenvalue weighted by Crippen LogP contribution is 2.12. The monoisotopic (exact) mass is 354 g/mol. The number of amides is 2. The molecule has 2 amide bonds. The molecule has 1 aromatic rings. The number of carbonyl (C=O) groups excluding carboxylic acids is 3. The van der Waals surface area contributed by atoms with Crippen LogP contribution in [0.15, 0.2) is 24.3 Å². The van der Waals surface area contributed by atoms with Gasteiger partial charge in [0.25, 0.3) is 5.91 Å². The molecule has 0 aromatic heterocycles. The van der Waals surface area contributed by atoms with E-state index >= 15 is 0 Å². The molecule has 7 heteroatoms. The number of carbonyl (C=O) groups is 3. The van der Waals surface area contributed by atoms with Gasteiger partial charge in [0.1, 0.15) is 0 Å². The maximum absolute atomic E-state index is 12.6. The summed E-state index contributed by atoms with van der Waals surface area (Å²) < 4.78 is 4.90. The van der Waals surface area contributed by atoms with Gasteiger partial charge in [-0.25, -0.2) is 0 Å². The van der Waals surface area contributed by atoms with E-state index < -0.39 is 0 Å². The normalized spacial score (nSPS) is 10.1. The van der Waals surface area contributed by atoms with Gasteiger partial charge in [0.05, 0.1) is 13.0 Å². The number of halogens is 1. The first-order chi connectivity index (χ1) is 11.4. The molecule has 0 spiro atoms. The Kier molecular flexibility index (Phi) is 8.86. The number of nitrogens with zero attached hydrogens (tertiary/aromatic N) is 1. The van der Waals surface area contributed by atoms with E-state index in [-0.39, 0.29) is 30.7 Å². The van der Waals surface area contributed by atoms with Crippen molar-refractivity contribution in [2.24, 2.45) is 0 Å². The van der Waals surface area contributed by atoms with E-state index in [4.69, 9.17) is 16.3 Å². The molecule has 0 atom stereocenters. The molecule has 0 unspecified atom stereocenters. The van der Waals surface area contributed by atoms with E-state index in [1.165, 1.54) is 6.92 Å².